The lowest BCUT2D eigenvalue weighted by Crippen LogP contribution is -2.32. The summed E-state index contributed by atoms with van der Waals surface area (Å²) in [5.41, 5.74) is -0.0103. The summed E-state index contributed by atoms with van der Waals surface area (Å²) in [5.74, 6) is 0.151. The molecule has 0 aliphatic rings. The Labute approximate surface area is 117 Å². The highest BCUT2D eigenvalue weighted by atomic mass is 16.6. The number of methoxy groups -OCH3 is 1. The van der Waals surface area contributed by atoms with Crippen molar-refractivity contribution >= 4 is 11.8 Å². The van der Waals surface area contributed by atoms with Gasteiger partial charge in [-0.1, -0.05) is 6.07 Å². The first kappa shape index (κ1) is 15.7. The van der Waals surface area contributed by atoms with E-state index in [2.05, 4.69) is 5.32 Å². The Bertz CT molecular complexity index is 508. The standard InChI is InChI=1S/C13H18N2O5/c1-13(2,3)20-12(16)14-8-9-5-6-10(15(17)18)11(7-9)19-4/h5-7H,8H2,1-4H3,(H,14,16). The van der Waals surface area contributed by atoms with Crippen LogP contribution in [0.2, 0.25) is 0 Å². The van der Waals surface area contributed by atoms with E-state index in [4.69, 9.17) is 9.47 Å². The number of carbonyl (C=O) groups is 1. The van der Waals surface area contributed by atoms with E-state index in [-0.39, 0.29) is 18.0 Å². The van der Waals surface area contributed by atoms with Gasteiger partial charge in [0.25, 0.3) is 0 Å². The Balaban J connectivity index is 2.70. The number of nitro benzene ring substituents is 1. The summed E-state index contributed by atoms with van der Waals surface area (Å²) in [5, 5.41) is 13.3. The van der Waals surface area contributed by atoms with Crippen LogP contribution in [0.25, 0.3) is 0 Å². The highest BCUT2D eigenvalue weighted by Crippen LogP contribution is 2.27. The van der Waals surface area contributed by atoms with Crippen molar-refractivity contribution in [2.75, 3.05) is 7.11 Å². The van der Waals surface area contributed by atoms with E-state index in [9.17, 15) is 14.9 Å². The predicted octanol–water partition coefficient (Wildman–Crippen LogP) is 2.63. The summed E-state index contributed by atoms with van der Waals surface area (Å²) in [4.78, 5) is 21.7. The van der Waals surface area contributed by atoms with Crippen molar-refractivity contribution in [1.82, 2.24) is 5.32 Å². The summed E-state index contributed by atoms with van der Waals surface area (Å²) in [7, 11) is 1.35. The molecule has 0 aliphatic carbocycles. The average Bonchev–Trinajstić information content (AvgIpc) is 2.33. The third kappa shape index (κ3) is 4.75. The van der Waals surface area contributed by atoms with Crippen LogP contribution < -0.4 is 10.1 Å². The third-order valence-electron chi connectivity index (χ3n) is 2.28. The molecule has 0 spiro atoms. The van der Waals surface area contributed by atoms with Crippen LogP contribution in [0.5, 0.6) is 5.75 Å². The van der Waals surface area contributed by atoms with E-state index >= 15 is 0 Å². The molecule has 0 unspecified atom stereocenters. The van der Waals surface area contributed by atoms with Crippen molar-refractivity contribution in [2.24, 2.45) is 0 Å². The molecule has 1 aromatic carbocycles. The number of nitrogens with zero attached hydrogens (tertiary/aromatic N) is 1. The summed E-state index contributed by atoms with van der Waals surface area (Å²) in [6.07, 6.45) is -0.546. The zero-order chi connectivity index (χ0) is 15.3. The number of alkyl carbamates (subject to hydrolysis) is 1. The maximum Gasteiger partial charge on any atom is 0.407 e. The molecular weight excluding hydrogens is 264 g/mol. The van der Waals surface area contributed by atoms with Gasteiger partial charge in [0.1, 0.15) is 5.60 Å². The fourth-order valence-electron chi connectivity index (χ4n) is 1.47. The summed E-state index contributed by atoms with van der Waals surface area (Å²) < 4.78 is 10.0. The number of hydrogen-bond donors (Lipinski definition) is 1. The van der Waals surface area contributed by atoms with Crippen LogP contribution in [-0.2, 0) is 11.3 Å². The first-order valence-electron chi connectivity index (χ1n) is 6.01. The molecule has 0 saturated heterocycles. The number of ether oxygens (including phenoxy) is 2. The van der Waals surface area contributed by atoms with E-state index < -0.39 is 16.6 Å². The van der Waals surface area contributed by atoms with Gasteiger partial charge in [-0.15, -0.1) is 0 Å². The number of nitrogens with one attached hydrogen (secondary N) is 1. The minimum absolute atomic E-state index is 0.117. The van der Waals surface area contributed by atoms with Crippen molar-refractivity contribution in [1.29, 1.82) is 0 Å². The summed E-state index contributed by atoms with van der Waals surface area (Å²) in [6, 6.07) is 4.40. The molecule has 0 aromatic heterocycles. The van der Waals surface area contributed by atoms with Gasteiger partial charge in [0.05, 0.1) is 12.0 Å². The Morgan fingerprint density at radius 1 is 1.40 bits per heavy atom. The highest BCUT2D eigenvalue weighted by Gasteiger charge is 2.17. The van der Waals surface area contributed by atoms with Crippen molar-refractivity contribution in [3.8, 4) is 5.75 Å². The number of nitro groups is 1. The van der Waals surface area contributed by atoms with Crippen LogP contribution in [0.3, 0.4) is 0 Å². The van der Waals surface area contributed by atoms with Gasteiger partial charge < -0.3 is 14.8 Å². The van der Waals surface area contributed by atoms with Gasteiger partial charge >= 0.3 is 11.8 Å². The highest BCUT2D eigenvalue weighted by molar-refractivity contribution is 5.67. The second kappa shape index (κ2) is 6.23. The molecule has 1 N–H and O–H groups in total. The maximum absolute atomic E-state index is 11.5. The molecule has 0 fully saturated rings. The molecule has 1 amide bonds. The number of amides is 1. The van der Waals surface area contributed by atoms with E-state index in [1.807, 2.05) is 0 Å². The molecule has 7 heteroatoms. The van der Waals surface area contributed by atoms with Crippen LogP contribution in [0, 0.1) is 10.1 Å². The molecule has 0 heterocycles. The van der Waals surface area contributed by atoms with Crippen LogP contribution >= 0.6 is 0 Å². The molecular formula is C13H18N2O5. The second-order valence-corrected chi connectivity index (χ2v) is 5.12. The molecule has 20 heavy (non-hydrogen) atoms. The van der Waals surface area contributed by atoms with E-state index in [1.54, 1.807) is 26.8 Å². The van der Waals surface area contributed by atoms with Gasteiger partial charge in [-0.25, -0.2) is 4.79 Å². The SMILES string of the molecule is COc1cc(CNC(=O)OC(C)(C)C)ccc1[N+](=O)[O-]. The molecule has 7 nitrogen and oxygen atoms in total. The average molecular weight is 282 g/mol. The monoisotopic (exact) mass is 282 g/mol. The van der Waals surface area contributed by atoms with Crippen molar-refractivity contribution in [3.63, 3.8) is 0 Å². The smallest absolute Gasteiger partial charge is 0.407 e. The third-order valence-corrected chi connectivity index (χ3v) is 2.28. The van der Waals surface area contributed by atoms with Gasteiger partial charge in [-0.3, -0.25) is 10.1 Å². The zero-order valence-corrected chi connectivity index (χ0v) is 11.9. The molecule has 0 atom stereocenters. The Hall–Kier alpha value is -2.31. The molecule has 0 radical (unpaired) electrons. The van der Waals surface area contributed by atoms with Crippen molar-refractivity contribution in [2.45, 2.75) is 32.9 Å². The number of carbonyl (C=O) groups excluding carboxylic acids is 1. The topological polar surface area (TPSA) is 90.7 Å². The molecule has 1 aromatic rings. The predicted molar refractivity (Wildman–Crippen MR) is 72.7 cm³/mol. The van der Waals surface area contributed by atoms with Crippen LogP contribution in [0.15, 0.2) is 18.2 Å². The number of benzene rings is 1. The Kier molecular flexibility index (Phi) is 4.90. The normalized spacial score (nSPS) is 10.8. The van der Waals surface area contributed by atoms with Gasteiger partial charge in [0.2, 0.25) is 0 Å². The second-order valence-electron chi connectivity index (χ2n) is 5.12. The fourth-order valence-corrected chi connectivity index (χ4v) is 1.47. The van der Waals surface area contributed by atoms with Crippen LogP contribution in [-0.4, -0.2) is 23.7 Å². The lowest BCUT2D eigenvalue weighted by atomic mass is 10.2. The van der Waals surface area contributed by atoms with Gasteiger partial charge in [-0.05, 0) is 32.4 Å². The minimum atomic E-state index is -0.572. The fraction of sp³-hybridized carbons (Fsp3) is 0.462. The van der Waals surface area contributed by atoms with Crippen LogP contribution in [0.4, 0.5) is 10.5 Å². The molecule has 0 aliphatic heterocycles. The first-order chi connectivity index (χ1) is 9.23. The van der Waals surface area contributed by atoms with E-state index in [0.29, 0.717) is 5.56 Å². The van der Waals surface area contributed by atoms with Crippen molar-refractivity contribution < 1.29 is 19.2 Å². The lowest BCUT2D eigenvalue weighted by Gasteiger charge is -2.19. The maximum atomic E-state index is 11.5. The Morgan fingerprint density at radius 3 is 2.55 bits per heavy atom. The quantitative estimate of drug-likeness (QED) is 0.677. The van der Waals surface area contributed by atoms with Crippen LogP contribution in [0.1, 0.15) is 26.3 Å². The van der Waals surface area contributed by atoms with E-state index in [1.165, 1.54) is 19.2 Å². The van der Waals surface area contributed by atoms with Gasteiger partial charge in [0, 0.05) is 12.6 Å². The lowest BCUT2D eigenvalue weighted by molar-refractivity contribution is -0.385. The first-order valence-corrected chi connectivity index (χ1v) is 6.01. The molecule has 0 saturated carbocycles. The molecule has 110 valence electrons. The van der Waals surface area contributed by atoms with E-state index in [0.717, 1.165) is 0 Å². The largest absolute Gasteiger partial charge is 0.490 e. The van der Waals surface area contributed by atoms with Gasteiger partial charge in [0.15, 0.2) is 5.75 Å². The molecule has 0 bridgehead atoms. The minimum Gasteiger partial charge on any atom is -0.490 e. The Morgan fingerprint density at radius 2 is 2.05 bits per heavy atom. The molecule has 1 rings (SSSR count). The summed E-state index contributed by atoms with van der Waals surface area (Å²) >= 11 is 0. The summed E-state index contributed by atoms with van der Waals surface area (Å²) in [6.45, 7) is 5.49. The number of hydrogen-bond acceptors (Lipinski definition) is 5. The van der Waals surface area contributed by atoms with Gasteiger partial charge in [-0.2, -0.15) is 0 Å². The zero-order valence-electron chi connectivity index (χ0n) is 11.9. The van der Waals surface area contributed by atoms with Crippen molar-refractivity contribution in [3.05, 3.63) is 33.9 Å². The number of rotatable bonds is 4.